The van der Waals surface area contributed by atoms with Gasteiger partial charge in [-0.05, 0) is 24.6 Å². The molecule has 6 heteroatoms. The van der Waals surface area contributed by atoms with Crippen molar-refractivity contribution in [2.24, 2.45) is 5.10 Å². The first-order valence-electron chi connectivity index (χ1n) is 7.60. The molecule has 2 aliphatic rings. The predicted molar refractivity (Wildman–Crippen MR) is 84.8 cm³/mol. The number of rotatable bonds is 2. The van der Waals surface area contributed by atoms with Gasteiger partial charge in [-0.2, -0.15) is 5.10 Å². The summed E-state index contributed by atoms with van der Waals surface area (Å²) in [5, 5.41) is 3.89. The van der Waals surface area contributed by atoms with Gasteiger partial charge in [0.2, 0.25) is 5.91 Å². The second-order valence-corrected chi connectivity index (χ2v) is 5.71. The van der Waals surface area contributed by atoms with E-state index < -0.39 is 0 Å². The number of carbonyl (C=O) groups excluding carboxylic acids is 2. The van der Waals surface area contributed by atoms with Crippen molar-refractivity contribution in [3.05, 3.63) is 29.8 Å². The highest BCUT2D eigenvalue weighted by molar-refractivity contribution is 6.39. The van der Waals surface area contributed by atoms with Crippen LogP contribution in [-0.2, 0) is 9.59 Å². The Bertz CT molecular complexity index is 618. The van der Waals surface area contributed by atoms with E-state index in [1.54, 1.807) is 0 Å². The third kappa shape index (κ3) is 3.10. The molecular weight excluding hydrogens is 280 g/mol. The highest BCUT2D eigenvalue weighted by atomic mass is 16.2. The lowest BCUT2D eigenvalue weighted by atomic mass is 10.1. The number of nitrogens with zero attached hydrogens (tertiary/aromatic N) is 3. The molecule has 0 radical (unpaired) electrons. The number of benzene rings is 1. The van der Waals surface area contributed by atoms with Gasteiger partial charge in [-0.25, -0.2) is 5.43 Å². The van der Waals surface area contributed by atoms with Crippen molar-refractivity contribution in [2.45, 2.75) is 19.8 Å². The summed E-state index contributed by atoms with van der Waals surface area (Å²) in [6.45, 7) is 5.07. The Labute approximate surface area is 129 Å². The molecule has 1 aromatic carbocycles. The molecule has 0 bridgehead atoms. The summed E-state index contributed by atoms with van der Waals surface area (Å²) in [5.74, 6) is -0.176. The number of hydrogen-bond donors (Lipinski definition) is 1. The normalized spacial score (nSPS) is 18.8. The molecule has 0 unspecified atom stereocenters. The fourth-order valence-corrected chi connectivity index (χ4v) is 2.80. The fourth-order valence-electron chi connectivity index (χ4n) is 2.80. The Morgan fingerprint density at radius 2 is 1.95 bits per heavy atom. The van der Waals surface area contributed by atoms with Crippen LogP contribution in [0.25, 0.3) is 0 Å². The van der Waals surface area contributed by atoms with Crippen molar-refractivity contribution in [3.63, 3.8) is 0 Å². The number of anilines is 1. The average Bonchev–Trinajstić information content (AvgIpc) is 2.55. The Morgan fingerprint density at radius 3 is 2.59 bits per heavy atom. The van der Waals surface area contributed by atoms with Crippen molar-refractivity contribution < 1.29 is 9.59 Å². The summed E-state index contributed by atoms with van der Waals surface area (Å²) in [4.78, 5) is 27.6. The SMILES string of the molecule is Cc1cccc(N2CCN(C(=O)C3=NNC(=O)CC3)CC2)c1. The Hall–Kier alpha value is -2.37. The summed E-state index contributed by atoms with van der Waals surface area (Å²) in [6, 6.07) is 8.41. The zero-order valence-electron chi connectivity index (χ0n) is 12.7. The molecule has 2 heterocycles. The number of amides is 2. The first-order chi connectivity index (χ1) is 10.6. The molecule has 22 heavy (non-hydrogen) atoms. The largest absolute Gasteiger partial charge is 0.368 e. The number of hydrazone groups is 1. The molecular formula is C16H20N4O2. The average molecular weight is 300 g/mol. The van der Waals surface area contributed by atoms with E-state index in [-0.39, 0.29) is 11.8 Å². The molecule has 1 N–H and O–H groups in total. The molecule has 0 saturated carbocycles. The second kappa shape index (κ2) is 6.17. The van der Waals surface area contributed by atoms with Crippen LogP contribution in [0, 0.1) is 6.92 Å². The van der Waals surface area contributed by atoms with E-state index in [1.807, 2.05) is 4.90 Å². The summed E-state index contributed by atoms with van der Waals surface area (Å²) >= 11 is 0. The third-order valence-corrected chi connectivity index (χ3v) is 4.08. The maximum Gasteiger partial charge on any atom is 0.270 e. The molecule has 3 rings (SSSR count). The van der Waals surface area contributed by atoms with E-state index in [0.717, 1.165) is 13.1 Å². The molecule has 0 aliphatic carbocycles. The Balaban J connectivity index is 1.60. The molecule has 1 fully saturated rings. The minimum absolute atomic E-state index is 0.0520. The lowest BCUT2D eigenvalue weighted by Gasteiger charge is -2.36. The maximum atomic E-state index is 12.4. The highest BCUT2D eigenvalue weighted by Crippen LogP contribution is 2.18. The standard InChI is InChI=1S/C16H20N4O2/c1-12-3-2-4-13(11-12)19-7-9-20(10-8-19)16(22)14-5-6-15(21)18-17-14/h2-4,11H,5-10H2,1H3,(H,18,21). The summed E-state index contributed by atoms with van der Waals surface area (Å²) in [5.41, 5.74) is 5.29. The quantitative estimate of drug-likeness (QED) is 0.883. The van der Waals surface area contributed by atoms with E-state index in [2.05, 4.69) is 46.6 Å². The molecule has 0 atom stereocenters. The molecule has 2 aliphatic heterocycles. The van der Waals surface area contributed by atoms with Crippen molar-refractivity contribution in [1.29, 1.82) is 0 Å². The van der Waals surface area contributed by atoms with Crippen molar-refractivity contribution in [2.75, 3.05) is 31.1 Å². The van der Waals surface area contributed by atoms with E-state index in [0.29, 0.717) is 31.6 Å². The molecule has 1 aromatic rings. The van der Waals surface area contributed by atoms with E-state index >= 15 is 0 Å². The van der Waals surface area contributed by atoms with Gasteiger partial charge in [0, 0.05) is 44.7 Å². The molecule has 2 amide bonds. The van der Waals surface area contributed by atoms with Crippen molar-refractivity contribution in [3.8, 4) is 0 Å². The first-order valence-corrected chi connectivity index (χ1v) is 7.60. The lowest BCUT2D eigenvalue weighted by Crippen LogP contribution is -2.51. The van der Waals surface area contributed by atoms with Gasteiger partial charge in [0.15, 0.2) is 0 Å². The van der Waals surface area contributed by atoms with Crippen LogP contribution in [-0.4, -0.2) is 48.6 Å². The number of hydrogen-bond acceptors (Lipinski definition) is 4. The predicted octanol–water partition coefficient (Wildman–Crippen LogP) is 0.910. The monoisotopic (exact) mass is 300 g/mol. The van der Waals surface area contributed by atoms with Gasteiger partial charge >= 0.3 is 0 Å². The van der Waals surface area contributed by atoms with Crippen LogP contribution in [0.15, 0.2) is 29.4 Å². The van der Waals surface area contributed by atoms with Crippen LogP contribution < -0.4 is 10.3 Å². The van der Waals surface area contributed by atoms with E-state index in [1.165, 1.54) is 11.3 Å². The van der Waals surface area contributed by atoms with Crippen LogP contribution in [0.3, 0.4) is 0 Å². The van der Waals surface area contributed by atoms with E-state index in [9.17, 15) is 9.59 Å². The summed E-state index contributed by atoms with van der Waals surface area (Å²) in [7, 11) is 0. The van der Waals surface area contributed by atoms with E-state index in [4.69, 9.17) is 0 Å². The minimum atomic E-state index is -0.124. The smallest absolute Gasteiger partial charge is 0.270 e. The van der Waals surface area contributed by atoms with Gasteiger partial charge in [0.05, 0.1) is 0 Å². The first kappa shape index (κ1) is 14.6. The van der Waals surface area contributed by atoms with Crippen LogP contribution >= 0.6 is 0 Å². The van der Waals surface area contributed by atoms with Gasteiger partial charge in [-0.15, -0.1) is 0 Å². The second-order valence-electron chi connectivity index (χ2n) is 5.71. The van der Waals surface area contributed by atoms with Gasteiger partial charge in [0.25, 0.3) is 5.91 Å². The highest BCUT2D eigenvalue weighted by Gasteiger charge is 2.26. The van der Waals surface area contributed by atoms with Crippen LogP contribution in [0.2, 0.25) is 0 Å². The molecule has 0 spiro atoms. The van der Waals surface area contributed by atoms with Crippen LogP contribution in [0.4, 0.5) is 5.69 Å². The number of piperazine rings is 1. The molecule has 1 saturated heterocycles. The third-order valence-electron chi connectivity index (χ3n) is 4.08. The summed E-state index contributed by atoms with van der Waals surface area (Å²) < 4.78 is 0. The molecule has 6 nitrogen and oxygen atoms in total. The van der Waals surface area contributed by atoms with Crippen LogP contribution in [0.5, 0.6) is 0 Å². The Kier molecular flexibility index (Phi) is 4.09. The van der Waals surface area contributed by atoms with Crippen molar-refractivity contribution >= 4 is 23.2 Å². The topological polar surface area (TPSA) is 65.0 Å². The molecule has 0 aromatic heterocycles. The van der Waals surface area contributed by atoms with Gasteiger partial charge in [-0.1, -0.05) is 12.1 Å². The zero-order valence-corrected chi connectivity index (χ0v) is 12.7. The van der Waals surface area contributed by atoms with Gasteiger partial charge in [-0.3, -0.25) is 9.59 Å². The zero-order chi connectivity index (χ0) is 15.5. The maximum absolute atomic E-state index is 12.4. The summed E-state index contributed by atoms with van der Waals surface area (Å²) in [6.07, 6.45) is 0.774. The number of nitrogens with one attached hydrogen (secondary N) is 1. The minimum Gasteiger partial charge on any atom is -0.368 e. The Morgan fingerprint density at radius 1 is 1.18 bits per heavy atom. The lowest BCUT2D eigenvalue weighted by molar-refractivity contribution is -0.124. The fraction of sp³-hybridized carbons (Fsp3) is 0.438. The van der Waals surface area contributed by atoms with Gasteiger partial charge < -0.3 is 9.80 Å². The van der Waals surface area contributed by atoms with Crippen LogP contribution in [0.1, 0.15) is 18.4 Å². The van der Waals surface area contributed by atoms with Crippen molar-refractivity contribution in [1.82, 2.24) is 10.3 Å². The molecule has 116 valence electrons. The number of aryl methyl sites for hydroxylation is 1. The van der Waals surface area contributed by atoms with Gasteiger partial charge in [0.1, 0.15) is 5.71 Å². The number of carbonyl (C=O) groups is 2.